The van der Waals surface area contributed by atoms with Crippen molar-refractivity contribution in [2.24, 2.45) is 0 Å². The number of nitrogens with one attached hydrogen (secondary N) is 1. The Bertz CT molecular complexity index is 392. The molecule has 94 valence electrons. The molecule has 0 spiro atoms. The predicted molar refractivity (Wildman–Crippen MR) is 65.2 cm³/mol. The minimum absolute atomic E-state index is 0.0226. The molecule has 1 fully saturated rings. The van der Waals surface area contributed by atoms with Crippen LogP contribution in [0.5, 0.6) is 0 Å². The minimum Gasteiger partial charge on any atom is -0.361 e. The maximum atomic E-state index is 11.9. The summed E-state index contributed by atoms with van der Waals surface area (Å²) in [5.41, 5.74) is 0.329. The Morgan fingerprint density at radius 2 is 2.24 bits per heavy atom. The predicted octanol–water partition coefficient (Wildman–Crippen LogP) is 2.65. The molecule has 1 saturated carbocycles. The van der Waals surface area contributed by atoms with Gasteiger partial charge in [0.15, 0.2) is 5.69 Å². The van der Waals surface area contributed by atoms with Crippen LogP contribution in [-0.2, 0) is 0 Å². The van der Waals surface area contributed by atoms with E-state index in [1.165, 1.54) is 6.42 Å². The number of carbonyl (C=O) groups excluding carboxylic acids is 1. The zero-order valence-electron chi connectivity index (χ0n) is 9.91. The molecule has 1 aliphatic rings. The Hall–Kier alpha value is -1.03. The van der Waals surface area contributed by atoms with Gasteiger partial charge >= 0.3 is 0 Å². The number of carbonyl (C=O) groups is 1. The summed E-state index contributed by atoms with van der Waals surface area (Å²) in [5, 5.41) is 6.67. The van der Waals surface area contributed by atoms with Crippen LogP contribution in [0, 0.1) is 6.92 Å². The smallest absolute Gasteiger partial charge is 0.273 e. The quantitative estimate of drug-likeness (QED) is 0.654. The maximum absolute atomic E-state index is 11.9. The minimum atomic E-state index is -0.195. The summed E-state index contributed by atoms with van der Waals surface area (Å²) in [6.45, 7) is 1.76. The highest BCUT2D eigenvalue weighted by Gasteiger charge is 2.24. The van der Waals surface area contributed by atoms with E-state index in [0.29, 0.717) is 11.5 Å². The van der Waals surface area contributed by atoms with E-state index in [0.717, 1.165) is 25.7 Å². The van der Waals surface area contributed by atoms with Crippen molar-refractivity contribution in [2.45, 2.75) is 50.4 Å². The molecular weight excluding hydrogens is 240 g/mol. The Morgan fingerprint density at radius 3 is 2.94 bits per heavy atom. The van der Waals surface area contributed by atoms with Gasteiger partial charge in [-0.1, -0.05) is 24.4 Å². The average molecular weight is 257 g/mol. The molecule has 1 amide bonds. The second-order valence-electron chi connectivity index (χ2n) is 4.56. The summed E-state index contributed by atoms with van der Waals surface area (Å²) >= 11 is 6.27. The summed E-state index contributed by atoms with van der Waals surface area (Å²) in [6, 6.07) is 1.68. The van der Waals surface area contributed by atoms with Crippen LogP contribution < -0.4 is 5.32 Å². The van der Waals surface area contributed by atoms with Crippen molar-refractivity contribution in [1.82, 2.24) is 10.5 Å². The van der Waals surface area contributed by atoms with Crippen molar-refractivity contribution in [3.63, 3.8) is 0 Å². The van der Waals surface area contributed by atoms with Gasteiger partial charge in [-0.25, -0.2) is 0 Å². The largest absolute Gasteiger partial charge is 0.361 e. The number of halogens is 1. The highest BCUT2D eigenvalue weighted by Crippen LogP contribution is 2.22. The molecule has 0 bridgehead atoms. The fraction of sp³-hybridized carbons (Fsp3) is 0.667. The van der Waals surface area contributed by atoms with Gasteiger partial charge in [0.2, 0.25) is 0 Å². The van der Waals surface area contributed by atoms with Gasteiger partial charge in [-0.2, -0.15) is 0 Å². The molecule has 1 aliphatic carbocycles. The van der Waals surface area contributed by atoms with Gasteiger partial charge in [-0.3, -0.25) is 4.79 Å². The average Bonchev–Trinajstić information content (AvgIpc) is 2.63. The lowest BCUT2D eigenvalue weighted by Gasteiger charge is -2.20. The fourth-order valence-electron chi connectivity index (χ4n) is 2.14. The van der Waals surface area contributed by atoms with Crippen molar-refractivity contribution in [3.05, 3.63) is 17.5 Å². The lowest BCUT2D eigenvalue weighted by atomic mass is 10.1. The van der Waals surface area contributed by atoms with E-state index >= 15 is 0 Å². The van der Waals surface area contributed by atoms with E-state index in [4.69, 9.17) is 16.1 Å². The fourth-order valence-corrected chi connectivity index (χ4v) is 2.48. The molecule has 2 rings (SSSR count). The zero-order chi connectivity index (χ0) is 12.3. The van der Waals surface area contributed by atoms with Gasteiger partial charge in [-0.15, -0.1) is 11.6 Å². The van der Waals surface area contributed by atoms with Crippen molar-refractivity contribution in [1.29, 1.82) is 0 Å². The van der Waals surface area contributed by atoms with Crippen LogP contribution in [0.25, 0.3) is 0 Å². The number of aromatic nitrogens is 1. The second-order valence-corrected chi connectivity index (χ2v) is 5.12. The monoisotopic (exact) mass is 256 g/mol. The molecule has 2 atom stereocenters. The van der Waals surface area contributed by atoms with Crippen LogP contribution in [-0.4, -0.2) is 22.5 Å². The Labute approximate surface area is 106 Å². The van der Waals surface area contributed by atoms with Crippen LogP contribution in [0.2, 0.25) is 0 Å². The molecule has 2 unspecified atom stereocenters. The first kappa shape index (κ1) is 12.4. The summed E-state index contributed by atoms with van der Waals surface area (Å²) < 4.78 is 4.88. The topological polar surface area (TPSA) is 55.1 Å². The number of hydrogen-bond acceptors (Lipinski definition) is 3. The van der Waals surface area contributed by atoms with E-state index in [-0.39, 0.29) is 17.3 Å². The lowest BCUT2D eigenvalue weighted by molar-refractivity contribution is 0.0925. The van der Waals surface area contributed by atoms with Crippen molar-refractivity contribution in [2.75, 3.05) is 0 Å². The van der Waals surface area contributed by atoms with Gasteiger partial charge in [0.1, 0.15) is 5.76 Å². The third-order valence-electron chi connectivity index (χ3n) is 3.11. The number of aryl methyl sites for hydroxylation is 1. The van der Waals surface area contributed by atoms with Crippen LogP contribution in [0.1, 0.15) is 48.4 Å². The van der Waals surface area contributed by atoms with Crippen molar-refractivity contribution in [3.8, 4) is 0 Å². The molecule has 0 aliphatic heterocycles. The van der Waals surface area contributed by atoms with Gasteiger partial charge in [0, 0.05) is 12.1 Å². The van der Waals surface area contributed by atoms with E-state index < -0.39 is 0 Å². The van der Waals surface area contributed by atoms with E-state index in [1.807, 2.05) is 0 Å². The second kappa shape index (κ2) is 5.54. The zero-order valence-corrected chi connectivity index (χ0v) is 10.7. The molecule has 4 nitrogen and oxygen atoms in total. The Kier molecular flexibility index (Phi) is 4.05. The van der Waals surface area contributed by atoms with Gasteiger partial charge < -0.3 is 9.84 Å². The number of nitrogens with zero attached hydrogens (tertiary/aromatic N) is 1. The van der Waals surface area contributed by atoms with Gasteiger partial charge in [-0.05, 0) is 19.8 Å². The Morgan fingerprint density at radius 1 is 1.47 bits per heavy atom. The molecule has 1 heterocycles. The molecule has 0 radical (unpaired) electrons. The van der Waals surface area contributed by atoms with Gasteiger partial charge in [0.05, 0.1) is 5.38 Å². The highest BCUT2D eigenvalue weighted by molar-refractivity contribution is 6.21. The van der Waals surface area contributed by atoms with Crippen molar-refractivity contribution < 1.29 is 9.32 Å². The first-order valence-corrected chi connectivity index (χ1v) is 6.48. The van der Waals surface area contributed by atoms with Crippen LogP contribution in [0.4, 0.5) is 0 Å². The lowest BCUT2D eigenvalue weighted by Crippen LogP contribution is -2.40. The molecule has 0 saturated heterocycles. The van der Waals surface area contributed by atoms with E-state index in [9.17, 15) is 4.79 Å². The maximum Gasteiger partial charge on any atom is 0.273 e. The summed E-state index contributed by atoms with van der Waals surface area (Å²) in [5.74, 6) is 0.442. The van der Waals surface area contributed by atoms with Crippen LogP contribution in [0.15, 0.2) is 10.6 Å². The summed E-state index contributed by atoms with van der Waals surface area (Å²) in [4.78, 5) is 11.9. The highest BCUT2D eigenvalue weighted by atomic mass is 35.5. The molecule has 0 aromatic carbocycles. The van der Waals surface area contributed by atoms with E-state index in [2.05, 4.69) is 10.5 Å². The Balaban J connectivity index is 1.97. The van der Waals surface area contributed by atoms with E-state index in [1.54, 1.807) is 13.0 Å². The molecule has 1 N–H and O–H groups in total. The SMILES string of the molecule is Cc1cc(C(=O)NC2CCCCCC2Cl)no1. The van der Waals surface area contributed by atoms with Crippen LogP contribution in [0.3, 0.4) is 0 Å². The first-order valence-electron chi connectivity index (χ1n) is 6.05. The standard InChI is InChI=1S/C12H17ClN2O2/c1-8-7-11(15-17-8)12(16)14-10-6-4-2-3-5-9(10)13/h7,9-10H,2-6H2,1H3,(H,14,16). The first-order chi connectivity index (χ1) is 8.16. The van der Waals surface area contributed by atoms with Crippen molar-refractivity contribution >= 4 is 17.5 Å². The number of alkyl halides is 1. The molecule has 1 aromatic heterocycles. The normalized spacial score (nSPS) is 25.3. The molecule has 5 heteroatoms. The molecule has 17 heavy (non-hydrogen) atoms. The third-order valence-corrected chi connectivity index (χ3v) is 3.63. The third kappa shape index (κ3) is 3.22. The molecular formula is C12H17ClN2O2. The summed E-state index contributed by atoms with van der Waals surface area (Å²) in [6.07, 6.45) is 5.36. The number of rotatable bonds is 2. The van der Waals surface area contributed by atoms with Crippen LogP contribution >= 0.6 is 11.6 Å². The number of hydrogen-bond donors (Lipinski definition) is 1. The number of amides is 1. The van der Waals surface area contributed by atoms with Gasteiger partial charge in [0.25, 0.3) is 5.91 Å². The summed E-state index contributed by atoms with van der Waals surface area (Å²) in [7, 11) is 0. The molecule has 1 aromatic rings.